The molecule has 6 heteroatoms. The van der Waals surface area contributed by atoms with Crippen molar-refractivity contribution in [2.75, 3.05) is 5.32 Å². The van der Waals surface area contributed by atoms with Gasteiger partial charge in [0.05, 0.1) is 17.6 Å². The summed E-state index contributed by atoms with van der Waals surface area (Å²) < 4.78 is 5.93. The van der Waals surface area contributed by atoms with E-state index in [0.29, 0.717) is 11.5 Å². The van der Waals surface area contributed by atoms with Crippen molar-refractivity contribution < 1.29 is 4.74 Å². The molecular weight excluding hydrogens is 369 g/mol. The van der Waals surface area contributed by atoms with Gasteiger partial charge in [-0.25, -0.2) is 9.97 Å². The third-order valence-corrected chi connectivity index (χ3v) is 4.30. The highest BCUT2D eigenvalue weighted by Crippen LogP contribution is 2.28. The Hall–Kier alpha value is -2.30. The second kappa shape index (κ2) is 8.88. The molecule has 0 fully saturated rings. The van der Waals surface area contributed by atoms with Gasteiger partial charge in [0.2, 0.25) is 5.28 Å². The number of hydrogen-bond donors (Lipinski definition) is 1. The van der Waals surface area contributed by atoms with Crippen molar-refractivity contribution in [2.45, 2.75) is 25.3 Å². The first-order valence-corrected chi connectivity index (χ1v) is 9.28. The molecule has 1 unspecified atom stereocenters. The molecule has 0 spiro atoms. The van der Waals surface area contributed by atoms with E-state index in [-0.39, 0.29) is 17.2 Å². The molecule has 4 nitrogen and oxygen atoms in total. The van der Waals surface area contributed by atoms with Crippen molar-refractivity contribution >= 4 is 29.0 Å². The summed E-state index contributed by atoms with van der Waals surface area (Å²) in [4.78, 5) is 8.32. The lowest BCUT2D eigenvalue weighted by Crippen LogP contribution is -2.11. The van der Waals surface area contributed by atoms with Crippen molar-refractivity contribution in [3.05, 3.63) is 77.2 Å². The van der Waals surface area contributed by atoms with Gasteiger partial charge in [0.1, 0.15) is 17.3 Å². The summed E-state index contributed by atoms with van der Waals surface area (Å²) in [7, 11) is 0. The van der Waals surface area contributed by atoms with E-state index < -0.39 is 0 Å². The van der Waals surface area contributed by atoms with Crippen LogP contribution in [0.2, 0.25) is 5.28 Å². The Morgan fingerprint density at radius 3 is 2.50 bits per heavy atom. The van der Waals surface area contributed by atoms with Crippen LogP contribution in [0.4, 0.5) is 5.82 Å². The first kappa shape index (κ1) is 18.5. The van der Waals surface area contributed by atoms with Crippen molar-refractivity contribution in [2.24, 2.45) is 0 Å². The van der Waals surface area contributed by atoms with Gasteiger partial charge in [-0.15, -0.1) is 11.6 Å². The molecule has 3 aromatic rings. The summed E-state index contributed by atoms with van der Waals surface area (Å²) in [6.45, 7) is 2.10. The molecule has 0 bridgehead atoms. The molecule has 0 saturated heterocycles. The minimum absolute atomic E-state index is 0.0588. The van der Waals surface area contributed by atoms with Gasteiger partial charge >= 0.3 is 0 Å². The van der Waals surface area contributed by atoms with Crippen LogP contribution >= 0.6 is 23.2 Å². The molecule has 1 atom stereocenters. The van der Waals surface area contributed by atoms with Gasteiger partial charge in [0.15, 0.2) is 0 Å². The van der Waals surface area contributed by atoms with Crippen molar-refractivity contribution in [1.82, 2.24) is 9.97 Å². The van der Waals surface area contributed by atoms with Crippen LogP contribution in [0.3, 0.4) is 0 Å². The zero-order chi connectivity index (χ0) is 18.4. The molecule has 0 saturated carbocycles. The standard InChI is InChI=1S/C20H19Cl2N3O/c1-2-18(24-19-12-15(13-21)23-20(22)25-19)14-7-6-10-17(11-14)26-16-8-4-3-5-9-16/h3-12,18H,2,13H2,1H3,(H,23,24,25). The van der Waals surface area contributed by atoms with Crippen LogP contribution in [-0.4, -0.2) is 9.97 Å². The Balaban J connectivity index is 1.80. The van der Waals surface area contributed by atoms with E-state index in [2.05, 4.69) is 28.3 Å². The number of ether oxygens (including phenoxy) is 1. The van der Waals surface area contributed by atoms with E-state index >= 15 is 0 Å². The summed E-state index contributed by atoms with van der Waals surface area (Å²) in [5.41, 5.74) is 1.79. The molecule has 26 heavy (non-hydrogen) atoms. The minimum Gasteiger partial charge on any atom is -0.457 e. The van der Waals surface area contributed by atoms with Gasteiger partial charge in [-0.1, -0.05) is 37.3 Å². The third kappa shape index (κ3) is 4.87. The average molecular weight is 388 g/mol. The summed E-state index contributed by atoms with van der Waals surface area (Å²) in [5.74, 6) is 2.53. The molecule has 1 N–H and O–H groups in total. The molecule has 134 valence electrons. The van der Waals surface area contributed by atoms with Gasteiger partial charge in [-0.2, -0.15) is 0 Å². The van der Waals surface area contributed by atoms with Gasteiger partial charge in [0, 0.05) is 6.07 Å². The fourth-order valence-corrected chi connectivity index (χ4v) is 2.96. The summed E-state index contributed by atoms with van der Waals surface area (Å²) in [6, 6.07) is 19.6. The first-order chi connectivity index (χ1) is 12.7. The van der Waals surface area contributed by atoms with Gasteiger partial charge in [0.25, 0.3) is 0 Å². The largest absolute Gasteiger partial charge is 0.457 e. The normalized spacial score (nSPS) is 11.8. The fourth-order valence-electron chi connectivity index (χ4n) is 2.63. The lowest BCUT2D eigenvalue weighted by atomic mass is 10.0. The van der Waals surface area contributed by atoms with Crippen LogP contribution in [0.1, 0.15) is 30.6 Å². The Morgan fingerprint density at radius 1 is 1.00 bits per heavy atom. The van der Waals surface area contributed by atoms with Crippen LogP contribution in [0.5, 0.6) is 11.5 Å². The fraction of sp³-hybridized carbons (Fsp3) is 0.200. The number of aromatic nitrogens is 2. The predicted octanol–water partition coefficient (Wildman–Crippen LogP) is 6.22. The van der Waals surface area contributed by atoms with Crippen LogP contribution in [0.15, 0.2) is 60.7 Å². The maximum Gasteiger partial charge on any atom is 0.224 e. The quantitative estimate of drug-likeness (QED) is 0.385. The highest BCUT2D eigenvalue weighted by molar-refractivity contribution is 6.28. The second-order valence-electron chi connectivity index (χ2n) is 5.74. The first-order valence-electron chi connectivity index (χ1n) is 8.36. The lowest BCUT2D eigenvalue weighted by Gasteiger charge is -2.19. The molecule has 0 aliphatic heterocycles. The van der Waals surface area contributed by atoms with Gasteiger partial charge in [-0.05, 0) is 47.9 Å². The molecule has 2 aromatic carbocycles. The highest BCUT2D eigenvalue weighted by Gasteiger charge is 2.12. The SMILES string of the molecule is CCC(Nc1cc(CCl)nc(Cl)n1)c1cccc(Oc2ccccc2)c1. The maximum atomic E-state index is 5.98. The molecule has 0 aliphatic rings. The Morgan fingerprint density at radius 2 is 1.77 bits per heavy atom. The van der Waals surface area contributed by atoms with Crippen molar-refractivity contribution in [3.8, 4) is 11.5 Å². The number of alkyl halides is 1. The highest BCUT2D eigenvalue weighted by atomic mass is 35.5. The summed E-state index contributed by atoms with van der Waals surface area (Å²) in [6.07, 6.45) is 0.868. The lowest BCUT2D eigenvalue weighted by molar-refractivity contribution is 0.481. The van der Waals surface area contributed by atoms with E-state index in [4.69, 9.17) is 27.9 Å². The van der Waals surface area contributed by atoms with Gasteiger partial charge < -0.3 is 10.1 Å². The Kier molecular flexibility index (Phi) is 6.31. The molecule has 1 aromatic heterocycles. The number of anilines is 1. The molecule has 0 amide bonds. The smallest absolute Gasteiger partial charge is 0.224 e. The topological polar surface area (TPSA) is 47.0 Å². The molecule has 0 radical (unpaired) electrons. The van der Waals surface area contributed by atoms with E-state index in [1.54, 1.807) is 0 Å². The summed E-state index contributed by atoms with van der Waals surface area (Å²) in [5, 5.41) is 3.58. The molecule has 1 heterocycles. The zero-order valence-electron chi connectivity index (χ0n) is 14.3. The van der Waals surface area contributed by atoms with Gasteiger partial charge in [-0.3, -0.25) is 0 Å². The predicted molar refractivity (Wildman–Crippen MR) is 106 cm³/mol. The van der Waals surface area contributed by atoms with Crippen LogP contribution in [0.25, 0.3) is 0 Å². The van der Waals surface area contributed by atoms with Crippen LogP contribution in [0, 0.1) is 0 Å². The minimum atomic E-state index is 0.0588. The number of halogens is 2. The van der Waals surface area contributed by atoms with E-state index in [1.165, 1.54) is 0 Å². The number of benzene rings is 2. The van der Waals surface area contributed by atoms with Crippen molar-refractivity contribution in [3.63, 3.8) is 0 Å². The maximum absolute atomic E-state index is 5.98. The molecular formula is C20H19Cl2N3O. The number of rotatable bonds is 7. The van der Waals surface area contributed by atoms with E-state index in [1.807, 2.05) is 54.6 Å². The average Bonchev–Trinajstić information content (AvgIpc) is 2.66. The van der Waals surface area contributed by atoms with E-state index in [0.717, 1.165) is 23.5 Å². The monoisotopic (exact) mass is 387 g/mol. The third-order valence-electron chi connectivity index (χ3n) is 3.86. The number of hydrogen-bond acceptors (Lipinski definition) is 4. The van der Waals surface area contributed by atoms with Crippen molar-refractivity contribution in [1.29, 1.82) is 0 Å². The number of para-hydroxylation sites is 1. The number of nitrogens with one attached hydrogen (secondary N) is 1. The van der Waals surface area contributed by atoms with Crippen LogP contribution in [-0.2, 0) is 5.88 Å². The zero-order valence-corrected chi connectivity index (χ0v) is 15.8. The second-order valence-corrected chi connectivity index (χ2v) is 6.35. The molecule has 0 aliphatic carbocycles. The summed E-state index contributed by atoms with van der Waals surface area (Å²) >= 11 is 11.8. The Labute approximate surface area is 163 Å². The Bertz CT molecular complexity index is 859. The number of nitrogens with zero attached hydrogens (tertiary/aromatic N) is 2. The van der Waals surface area contributed by atoms with E-state index in [9.17, 15) is 0 Å². The molecule has 3 rings (SSSR count). The van der Waals surface area contributed by atoms with Crippen LogP contribution < -0.4 is 10.1 Å².